The van der Waals surface area contributed by atoms with Gasteiger partial charge in [-0.3, -0.25) is 4.79 Å². The van der Waals surface area contributed by atoms with Crippen LogP contribution in [0.25, 0.3) is 6.08 Å². The van der Waals surface area contributed by atoms with Crippen LogP contribution in [-0.2, 0) is 16.1 Å². The minimum Gasteiger partial charge on any atom is -0.443 e. The molecule has 0 aromatic heterocycles. The maximum Gasteiger partial charge on any atom is 0.312 e. The first kappa shape index (κ1) is 19.8. The number of ether oxygens (including phenoxy) is 1. The lowest BCUT2D eigenvalue weighted by molar-refractivity contribution is -0.154. The number of esters is 1. The summed E-state index contributed by atoms with van der Waals surface area (Å²) in [6.07, 6.45) is 4.94. The van der Waals surface area contributed by atoms with Gasteiger partial charge in [-0.2, -0.15) is 0 Å². The van der Waals surface area contributed by atoms with Gasteiger partial charge in [-0.15, -0.1) is 0 Å². The summed E-state index contributed by atoms with van der Waals surface area (Å²) < 4.78 is 5.73. The molecule has 0 heterocycles. The number of nitrogens with two attached hydrogens (primary N) is 1. The van der Waals surface area contributed by atoms with E-state index in [0.29, 0.717) is 12.1 Å². The van der Waals surface area contributed by atoms with E-state index in [-0.39, 0.29) is 5.97 Å². The van der Waals surface area contributed by atoms with Crippen LogP contribution < -0.4 is 5.73 Å². The molecule has 26 heavy (non-hydrogen) atoms. The molecule has 0 amide bonds. The molecule has 1 unspecified atom stereocenters. The van der Waals surface area contributed by atoms with Gasteiger partial charge in [-0.25, -0.2) is 0 Å². The van der Waals surface area contributed by atoms with E-state index < -0.39 is 11.5 Å². The molecule has 1 aliphatic rings. The Kier molecular flexibility index (Phi) is 7.07. The molecule has 0 aliphatic heterocycles. The topological polar surface area (TPSA) is 52.3 Å². The second-order valence-electron chi connectivity index (χ2n) is 7.37. The largest absolute Gasteiger partial charge is 0.443 e. The molecule has 0 saturated heterocycles. The summed E-state index contributed by atoms with van der Waals surface area (Å²) in [5.74, 6) is 12.4. The Morgan fingerprint density at radius 2 is 1.92 bits per heavy atom. The van der Waals surface area contributed by atoms with Crippen LogP contribution in [0.4, 0.5) is 0 Å². The van der Waals surface area contributed by atoms with Crippen LogP contribution in [0.15, 0.2) is 29.8 Å². The van der Waals surface area contributed by atoms with Gasteiger partial charge in [0, 0.05) is 19.4 Å². The van der Waals surface area contributed by atoms with Crippen LogP contribution in [0.5, 0.6) is 0 Å². The molecule has 0 bridgehead atoms. The summed E-state index contributed by atoms with van der Waals surface area (Å²) in [4.78, 5) is 12.4. The molecule has 1 atom stereocenters. The molecule has 0 fully saturated rings. The number of carbonyl (C=O) groups excluding carboxylic acids is 1. The molecule has 1 aromatic rings. The van der Waals surface area contributed by atoms with Crippen molar-refractivity contribution in [3.8, 4) is 23.7 Å². The molecule has 3 nitrogen and oxygen atoms in total. The van der Waals surface area contributed by atoms with E-state index in [1.54, 1.807) is 0 Å². The maximum atomic E-state index is 12.4. The fraction of sp³-hybridized carbons (Fsp3) is 0.435. The molecule has 1 aromatic carbocycles. The van der Waals surface area contributed by atoms with E-state index in [2.05, 4.69) is 23.7 Å². The zero-order valence-corrected chi connectivity index (χ0v) is 15.9. The van der Waals surface area contributed by atoms with Crippen molar-refractivity contribution in [1.82, 2.24) is 0 Å². The summed E-state index contributed by atoms with van der Waals surface area (Å²) in [5.41, 5.74) is 7.97. The fourth-order valence-electron chi connectivity index (χ4n) is 2.42. The van der Waals surface area contributed by atoms with E-state index in [9.17, 15) is 4.79 Å². The van der Waals surface area contributed by atoms with E-state index in [1.807, 2.05) is 51.1 Å². The number of benzene rings is 1. The van der Waals surface area contributed by atoms with Crippen molar-refractivity contribution in [1.29, 1.82) is 0 Å². The van der Waals surface area contributed by atoms with Gasteiger partial charge >= 0.3 is 5.97 Å². The average Bonchev–Trinajstić information content (AvgIpc) is 2.61. The van der Waals surface area contributed by atoms with Gasteiger partial charge in [0.2, 0.25) is 0 Å². The molecule has 2 rings (SSSR count). The standard InChI is InChI=1S/C23H27NO2/c1-23(2,3)22(25)26-21-15-9-7-5-4-6-8-13-19(21)16-18-12-10-11-14-20(18)17-24/h10-12,14,16,21H,4-7,17,24H2,1-3H3. The Hall–Kier alpha value is -2.49. The zero-order valence-electron chi connectivity index (χ0n) is 15.9. The van der Waals surface area contributed by atoms with Gasteiger partial charge in [-0.1, -0.05) is 47.9 Å². The van der Waals surface area contributed by atoms with Crippen LogP contribution in [0.3, 0.4) is 0 Å². The number of hydrogen-bond donors (Lipinski definition) is 1. The Balaban J connectivity index is 2.45. The predicted molar refractivity (Wildman–Crippen MR) is 106 cm³/mol. The van der Waals surface area contributed by atoms with Gasteiger partial charge in [0.25, 0.3) is 0 Å². The Morgan fingerprint density at radius 3 is 2.62 bits per heavy atom. The van der Waals surface area contributed by atoms with Gasteiger partial charge in [0.15, 0.2) is 6.10 Å². The summed E-state index contributed by atoms with van der Waals surface area (Å²) in [6.45, 7) is 5.94. The highest BCUT2D eigenvalue weighted by molar-refractivity contribution is 5.77. The molecule has 0 spiro atoms. The SMILES string of the molecule is CC(C)(C)C(=O)OC1C#CCCCCC#CC1=Cc1ccccc1CN. The van der Waals surface area contributed by atoms with E-state index in [1.165, 1.54) is 0 Å². The third-order valence-electron chi connectivity index (χ3n) is 4.03. The first-order valence-electron chi connectivity index (χ1n) is 9.09. The van der Waals surface area contributed by atoms with Crippen molar-refractivity contribution >= 4 is 12.0 Å². The molecule has 3 heteroatoms. The molecular formula is C23H27NO2. The lowest BCUT2D eigenvalue weighted by Crippen LogP contribution is -2.28. The Labute approximate surface area is 157 Å². The van der Waals surface area contributed by atoms with Crippen molar-refractivity contribution in [2.45, 2.75) is 59.1 Å². The minimum atomic E-state index is -0.654. The van der Waals surface area contributed by atoms with E-state index >= 15 is 0 Å². The van der Waals surface area contributed by atoms with Crippen LogP contribution in [0, 0.1) is 29.1 Å². The van der Waals surface area contributed by atoms with Gasteiger partial charge < -0.3 is 10.5 Å². The highest BCUT2D eigenvalue weighted by Crippen LogP contribution is 2.21. The lowest BCUT2D eigenvalue weighted by Gasteiger charge is -2.21. The van der Waals surface area contributed by atoms with E-state index in [0.717, 1.165) is 36.8 Å². The second kappa shape index (κ2) is 9.27. The van der Waals surface area contributed by atoms with Crippen molar-refractivity contribution in [3.05, 3.63) is 41.0 Å². The number of carbonyl (C=O) groups is 1. The molecule has 2 N–H and O–H groups in total. The first-order valence-corrected chi connectivity index (χ1v) is 9.09. The Bertz CT molecular complexity index is 791. The summed E-state index contributed by atoms with van der Waals surface area (Å²) in [6, 6.07) is 7.90. The third-order valence-corrected chi connectivity index (χ3v) is 4.03. The maximum absolute atomic E-state index is 12.4. The van der Waals surface area contributed by atoms with Gasteiger partial charge in [0.1, 0.15) is 0 Å². The van der Waals surface area contributed by atoms with Crippen molar-refractivity contribution < 1.29 is 9.53 Å². The molecular weight excluding hydrogens is 322 g/mol. The van der Waals surface area contributed by atoms with Crippen molar-refractivity contribution in [3.63, 3.8) is 0 Å². The fourth-order valence-corrected chi connectivity index (χ4v) is 2.42. The molecule has 1 aliphatic carbocycles. The first-order chi connectivity index (χ1) is 12.4. The summed E-state index contributed by atoms with van der Waals surface area (Å²) in [5, 5.41) is 0. The van der Waals surface area contributed by atoms with Crippen LogP contribution >= 0.6 is 0 Å². The second-order valence-corrected chi connectivity index (χ2v) is 7.37. The molecule has 0 radical (unpaired) electrons. The zero-order chi connectivity index (χ0) is 19.0. The van der Waals surface area contributed by atoms with Crippen LogP contribution in [0.2, 0.25) is 0 Å². The normalized spacial score (nSPS) is 18.9. The predicted octanol–water partition coefficient (Wildman–Crippen LogP) is 4.07. The number of hydrogen-bond acceptors (Lipinski definition) is 3. The third kappa shape index (κ3) is 5.80. The van der Waals surface area contributed by atoms with Crippen LogP contribution in [0.1, 0.15) is 57.6 Å². The summed E-state index contributed by atoms with van der Waals surface area (Å²) >= 11 is 0. The van der Waals surface area contributed by atoms with E-state index in [4.69, 9.17) is 10.5 Å². The highest BCUT2D eigenvalue weighted by atomic mass is 16.5. The Morgan fingerprint density at radius 1 is 1.23 bits per heavy atom. The lowest BCUT2D eigenvalue weighted by atomic mass is 9.96. The summed E-state index contributed by atoms with van der Waals surface area (Å²) in [7, 11) is 0. The number of rotatable bonds is 3. The molecule has 0 saturated carbocycles. The van der Waals surface area contributed by atoms with Gasteiger partial charge in [0.05, 0.1) is 11.0 Å². The quantitative estimate of drug-likeness (QED) is 0.661. The van der Waals surface area contributed by atoms with Crippen LogP contribution in [-0.4, -0.2) is 12.1 Å². The van der Waals surface area contributed by atoms with Gasteiger partial charge in [-0.05, 0) is 50.8 Å². The minimum absolute atomic E-state index is 0.284. The monoisotopic (exact) mass is 349 g/mol. The molecule has 136 valence electrons. The average molecular weight is 349 g/mol. The van der Waals surface area contributed by atoms with Crippen molar-refractivity contribution in [2.75, 3.05) is 0 Å². The van der Waals surface area contributed by atoms with Crippen molar-refractivity contribution in [2.24, 2.45) is 11.1 Å². The smallest absolute Gasteiger partial charge is 0.312 e. The highest BCUT2D eigenvalue weighted by Gasteiger charge is 2.27.